The number of hydrogen-bond donors (Lipinski definition) is 2. The highest BCUT2D eigenvalue weighted by atomic mass is 16.3. The SMILES string of the molecule is CC[C@H]1CC[C@@H](CO)N1. The van der Waals surface area contributed by atoms with Gasteiger partial charge < -0.3 is 10.4 Å². The maximum Gasteiger partial charge on any atom is 0.0584 e. The molecule has 0 amide bonds. The topological polar surface area (TPSA) is 32.3 Å². The van der Waals surface area contributed by atoms with E-state index in [1.165, 1.54) is 12.8 Å². The Morgan fingerprint density at radius 1 is 1.44 bits per heavy atom. The summed E-state index contributed by atoms with van der Waals surface area (Å²) in [5, 5.41) is 12.1. The van der Waals surface area contributed by atoms with Crippen LogP contribution in [0.25, 0.3) is 0 Å². The predicted molar refractivity (Wildman–Crippen MR) is 37.3 cm³/mol. The maximum atomic E-state index is 8.72. The van der Waals surface area contributed by atoms with Crippen LogP contribution in [0.4, 0.5) is 0 Å². The molecule has 1 aliphatic heterocycles. The van der Waals surface area contributed by atoms with Crippen molar-refractivity contribution >= 4 is 0 Å². The number of aliphatic hydroxyl groups is 1. The average molecular weight is 129 g/mol. The van der Waals surface area contributed by atoms with Crippen LogP contribution < -0.4 is 5.32 Å². The van der Waals surface area contributed by atoms with E-state index >= 15 is 0 Å². The molecule has 9 heavy (non-hydrogen) atoms. The highest BCUT2D eigenvalue weighted by molar-refractivity contribution is 4.81. The zero-order valence-electron chi connectivity index (χ0n) is 5.93. The van der Waals surface area contributed by atoms with E-state index < -0.39 is 0 Å². The minimum absolute atomic E-state index is 0.302. The second-order valence-electron chi connectivity index (χ2n) is 2.73. The van der Waals surface area contributed by atoms with Gasteiger partial charge in [-0.25, -0.2) is 0 Å². The Hall–Kier alpha value is -0.0800. The molecule has 0 aromatic carbocycles. The standard InChI is InChI=1S/C7H15NO/c1-2-6-3-4-7(5-9)8-6/h6-9H,2-5H2,1H3/t6-,7-/m0/s1. The summed E-state index contributed by atoms with van der Waals surface area (Å²) < 4.78 is 0. The molecule has 1 heterocycles. The molecule has 0 aromatic heterocycles. The molecular weight excluding hydrogens is 114 g/mol. The summed E-state index contributed by atoms with van der Waals surface area (Å²) in [6, 6.07) is 1.05. The lowest BCUT2D eigenvalue weighted by atomic mass is 10.2. The van der Waals surface area contributed by atoms with Gasteiger partial charge in [0.15, 0.2) is 0 Å². The van der Waals surface area contributed by atoms with Crippen molar-refractivity contribution in [2.75, 3.05) is 6.61 Å². The molecule has 1 fully saturated rings. The summed E-state index contributed by atoms with van der Waals surface area (Å²) in [4.78, 5) is 0. The van der Waals surface area contributed by atoms with Crippen molar-refractivity contribution in [3.8, 4) is 0 Å². The van der Waals surface area contributed by atoms with Crippen LogP contribution in [0.3, 0.4) is 0 Å². The molecule has 0 bridgehead atoms. The van der Waals surface area contributed by atoms with Gasteiger partial charge in [-0.05, 0) is 19.3 Å². The van der Waals surface area contributed by atoms with Crippen molar-refractivity contribution < 1.29 is 5.11 Å². The first-order valence-corrected chi connectivity index (χ1v) is 3.73. The van der Waals surface area contributed by atoms with E-state index in [1.54, 1.807) is 0 Å². The second-order valence-corrected chi connectivity index (χ2v) is 2.73. The van der Waals surface area contributed by atoms with E-state index in [0.717, 1.165) is 6.42 Å². The summed E-state index contributed by atoms with van der Waals surface area (Å²) in [6.07, 6.45) is 3.58. The Morgan fingerprint density at radius 2 is 2.11 bits per heavy atom. The summed E-state index contributed by atoms with van der Waals surface area (Å²) in [7, 11) is 0. The van der Waals surface area contributed by atoms with Crippen LogP contribution in [0.1, 0.15) is 26.2 Å². The molecule has 0 radical (unpaired) electrons. The molecule has 0 aliphatic carbocycles. The molecular formula is C7H15NO. The summed E-state index contributed by atoms with van der Waals surface area (Å²) in [6.45, 7) is 2.48. The molecule has 2 heteroatoms. The van der Waals surface area contributed by atoms with Crippen molar-refractivity contribution in [3.05, 3.63) is 0 Å². The van der Waals surface area contributed by atoms with Gasteiger partial charge in [-0.1, -0.05) is 6.92 Å². The van der Waals surface area contributed by atoms with E-state index in [0.29, 0.717) is 18.7 Å². The second kappa shape index (κ2) is 3.18. The van der Waals surface area contributed by atoms with Gasteiger partial charge in [0.05, 0.1) is 6.61 Å². The van der Waals surface area contributed by atoms with Crippen molar-refractivity contribution in [3.63, 3.8) is 0 Å². The minimum atomic E-state index is 0.302. The fraction of sp³-hybridized carbons (Fsp3) is 1.00. The number of hydrogen-bond acceptors (Lipinski definition) is 2. The molecule has 2 N–H and O–H groups in total. The molecule has 2 nitrogen and oxygen atoms in total. The van der Waals surface area contributed by atoms with E-state index in [9.17, 15) is 0 Å². The fourth-order valence-corrected chi connectivity index (χ4v) is 1.37. The first kappa shape index (κ1) is 7.03. The first-order valence-electron chi connectivity index (χ1n) is 3.73. The van der Waals surface area contributed by atoms with Gasteiger partial charge in [0, 0.05) is 12.1 Å². The Bertz CT molecular complexity index is 75.0. The third kappa shape index (κ3) is 1.66. The van der Waals surface area contributed by atoms with Gasteiger partial charge in [-0.15, -0.1) is 0 Å². The molecule has 0 unspecified atom stereocenters. The lowest BCUT2D eigenvalue weighted by molar-refractivity contribution is 0.251. The van der Waals surface area contributed by atoms with E-state index in [2.05, 4.69) is 12.2 Å². The van der Waals surface area contributed by atoms with Crippen LogP contribution >= 0.6 is 0 Å². The van der Waals surface area contributed by atoms with Crippen molar-refractivity contribution in [1.29, 1.82) is 0 Å². The van der Waals surface area contributed by atoms with E-state index in [-0.39, 0.29) is 0 Å². The number of aliphatic hydroxyl groups excluding tert-OH is 1. The van der Waals surface area contributed by atoms with Crippen molar-refractivity contribution in [2.45, 2.75) is 38.3 Å². The van der Waals surface area contributed by atoms with Gasteiger partial charge in [-0.2, -0.15) is 0 Å². The summed E-state index contributed by atoms with van der Waals surface area (Å²) in [5.41, 5.74) is 0. The average Bonchev–Trinajstić information content (AvgIpc) is 2.34. The smallest absolute Gasteiger partial charge is 0.0584 e. The van der Waals surface area contributed by atoms with Crippen LogP contribution in [0.2, 0.25) is 0 Å². The lowest BCUT2D eigenvalue weighted by Crippen LogP contribution is -2.31. The molecule has 0 spiro atoms. The minimum Gasteiger partial charge on any atom is -0.395 e. The zero-order chi connectivity index (χ0) is 6.69. The highest BCUT2D eigenvalue weighted by Gasteiger charge is 2.20. The zero-order valence-corrected chi connectivity index (χ0v) is 5.93. The molecule has 1 rings (SSSR count). The van der Waals surface area contributed by atoms with Crippen LogP contribution in [-0.2, 0) is 0 Å². The van der Waals surface area contributed by atoms with Crippen molar-refractivity contribution in [2.24, 2.45) is 0 Å². The van der Waals surface area contributed by atoms with Crippen molar-refractivity contribution in [1.82, 2.24) is 5.32 Å². The molecule has 1 aliphatic rings. The molecule has 54 valence electrons. The summed E-state index contributed by atoms with van der Waals surface area (Å²) >= 11 is 0. The lowest BCUT2D eigenvalue weighted by Gasteiger charge is -2.08. The Morgan fingerprint density at radius 3 is 2.44 bits per heavy atom. The van der Waals surface area contributed by atoms with Crippen LogP contribution in [0.5, 0.6) is 0 Å². The quantitative estimate of drug-likeness (QED) is 0.569. The molecule has 1 saturated heterocycles. The fourth-order valence-electron chi connectivity index (χ4n) is 1.37. The Balaban J connectivity index is 2.20. The van der Waals surface area contributed by atoms with Gasteiger partial charge >= 0.3 is 0 Å². The predicted octanol–water partition coefficient (Wildman–Crippen LogP) is 0.509. The van der Waals surface area contributed by atoms with Gasteiger partial charge in [-0.3, -0.25) is 0 Å². The van der Waals surface area contributed by atoms with E-state index in [4.69, 9.17) is 5.11 Å². The highest BCUT2D eigenvalue weighted by Crippen LogP contribution is 2.13. The Labute approximate surface area is 56.3 Å². The molecule has 0 saturated carbocycles. The van der Waals surface area contributed by atoms with Gasteiger partial charge in [0.25, 0.3) is 0 Å². The maximum absolute atomic E-state index is 8.72. The normalized spacial score (nSPS) is 35.3. The van der Waals surface area contributed by atoms with Crippen LogP contribution in [0, 0.1) is 0 Å². The summed E-state index contributed by atoms with van der Waals surface area (Å²) in [5.74, 6) is 0. The molecule has 0 aromatic rings. The first-order chi connectivity index (χ1) is 4.36. The largest absolute Gasteiger partial charge is 0.395 e. The number of nitrogens with one attached hydrogen (secondary N) is 1. The number of rotatable bonds is 2. The molecule has 2 atom stereocenters. The van der Waals surface area contributed by atoms with Crippen LogP contribution in [0.15, 0.2) is 0 Å². The van der Waals surface area contributed by atoms with Crippen LogP contribution in [-0.4, -0.2) is 23.8 Å². The van der Waals surface area contributed by atoms with E-state index in [1.807, 2.05) is 0 Å². The van der Waals surface area contributed by atoms with Gasteiger partial charge in [0.2, 0.25) is 0 Å². The third-order valence-electron chi connectivity index (χ3n) is 2.05. The van der Waals surface area contributed by atoms with Gasteiger partial charge in [0.1, 0.15) is 0 Å². The third-order valence-corrected chi connectivity index (χ3v) is 2.05. The monoisotopic (exact) mass is 129 g/mol. The Kier molecular flexibility index (Phi) is 2.49.